The van der Waals surface area contributed by atoms with E-state index in [1.807, 2.05) is 0 Å². The highest BCUT2D eigenvalue weighted by atomic mass is 35.5. The Balaban J connectivity index is 0.00000306. The van der Waals surface area contributed by atoms with Crippen molar-refractivity contribution in [1.82, 2.24) is 0 Å². The third kappa shape index (κ3) is 6.10. The van der Waals surface area contributed by atoms with Crippen LogP contribution in [0.2, 0.25) is 0 Å². The van der Waals surface area contributed by atoms with Gasteiger partial charge in [0.2, 0.25) is 10.0 Å². The average molecular weight is 519 g/mol. The number of aliphatic imine (C=N–C) groups is 1. The van der Waals surface area contributed by atoms with E-state index in [1.54, 1.807) is 42.5 Å². The van der Waals surface area contributed by atoms with Crippen molar-refractivity contribution < 1.29 is 31.1 Å². The minimum absolute atomic E-state index is 0. The first kappa shape index (κ1) is 24.7. The molecule has 0 saturated carbocycles. The van der Waals surface area contributed by atoms with Crippen LogP contribution in [-0.2, 0) is 10.0 Å². The summed E-state index contributed by atoms with van der Waals surface area (Å²) in [7, 11) is -3.44. The van der Waals surface area contributed by atoms with Crippen LogP contribution >= 0.6 is 24.0 Å². The molecule has 0 aromatic heterocycles. The van der Waals surface area contributed by atoms with Gasteiger partial charge >= 0.3 is 6.36 Å². The fourth-order valence-electron chi connectivity index (χ4n) is 3.09. The van der Waals surface area contributed by atoms with E-state index < -0.39 is 22.1 Å². The van der Waals surface area contributed by atoms with E-state index in [0.717, 1.165) is 18.4 Å². The third-order valence-corrected chi connectivity index (χ3v) is 5.20. The van der Waals surface area contributed by atoms with Crippen molar-refractivity contribution in [2.75, 3.05) is 11.0 Å². The van der Waals surface area contributed by atoms with Crippen molar-refractivity contribution in [1.29, 1.82) is 0 Å². The Morgan fingerprint density at radius 1 is 1.00 bits per heavy atom. The second-order valence-electron chi connectivity index (χ2n) is 6.85. The largest absolute Gasteiger partial charge is 0.573 e. The lowest BCUT2D eigenvalue weighted by Crippen LogP contribution is -2.16. The molecule has 3 aromatic carbocycles. The molecule has 0 radical (unpaired) electrons. The van der Waals surface area contributed by atoms with Gasteiger partial charge in [-0.2, -0.15) is 0 Å². The highest BCUT2D eigenvalue weighted by molar-refractivity contribution is 7.92. The maximum atomic E-state index is 12.5. The summed E-state index contributed by atoms with van der Waals surface area (Å²) in [5.74, 6) is 0.120. The third-order valence-electron chi connectivity index (χ3n) is 4.30. The van der Waals surface area contributed by atoms with E-state index in [1.165, 1.54) is 6.07 Å². The van der Waals surface area contributed by atoms with Gasteiger partial charge in [0.05, 0.1) is 11.8 Å². The molecular weight excluding hydrogens is 504 g/mol. The molecule has 1 aliphatic rings. The second-order valence-corrected chi connectivity index (χ2v) is 8.95. The van der Waals surface area contributed by atoms with Crippen molar-refractivity contribution >= 4 is 50.6 Å². The molecule has 4 rings (SSSR count). The lowest BCUT2D eigenvalue weighted by Gasteiger charge is -2.12. The summed E-state index contributed by atoms with van der Waals surface area (Å²) in [5, 5.41) is 0.00942. The van der Waals surface area contributed by atoms with Gasteiger partial charge in [-0.1, -0.05) is 29.8 Å². The van der Waals surface area contributed by atoms with Crippen LogP contribution in [0.25, 0.3) is 11.1 Å². The van der Waals surface area contributed by atoms with E-state index in [2.05, 4.69) is 14.5 Å². The predicted octanol–water partition coefficient (Wildman–Crippen LogP) is 6.47. The number of nitrogens with zero attached hydrogens (tertiary/aromatic N) is 1. The average Bonchev–Trinajstić information content (AvgIpc) is 2.81. The zero-order valence-corrected chi connectivity index (χ0v) is 19.1. The summed E-state index contributed by atoms with van der Waals surface area (Å²) in [4.78, 5) is 4.19. The number of hydrogen-bond donors (Lipinski definition) is 1. The molecule has 0 unspecified atom stereocenters. The number of alkyl halides is 3. The van der Waals surface area contributed by atoms with Crippen LogP contribution in [0.15, 0.2) is 65.7 Å². The van der Waals surface area contributed by atoms with E-state index in [-0.39, 0.29) is 29.0 Å². The van der Waals surface area contributed by atoms with Gasteiger partial charge in [0.15, 0.2) is 5.75 Å². The van der Waals surface area contributed by atoms with Crippen molar-refractivity contribution in [3.05, 3.63) is 66.2 Å². The van der Waals surface area contributed by atoms with E-state index >= 15 is 0 Å². The predicted molar refractivity (Wildman–Crippen MR) is 123 cm³/mol. The van der Waals surface area contributed by atoms with E-state index in [4.69, 9.17) is 16.3 Å². The molecule has 33 heavy (non-hydrogen) atoms. The molecule has 1 N–H and O–H groups in total. The summed E-state index contributed by atoms with van der Waals surface area (Å²) in [6.45, 7) is 0. The maximum Gasteiger partial charge on any atom is 0.573 e. The van der Waals surface area contributed by atoms with Gasteiger partial charge < -0.3 is 9.47 Å². The first-order valence-corrected chi connectivity index (χ1v) is 11.3. The van der Waals surface area contributed by atoms with Crippen LogP contribution in [-0.4, -0.2) is 26.2 Å². The van der Waals surface area contributed by atoms with Crippen LogP contribution in [0.3, 0.4) is 0 Å². The number of sulfonamides is 1. The summed E-state index contributed by atoms with van der Waals surface area (Å²) in [5.41, 5.74) is 2.29. The number of hydrogen-bond acceptors (Lipinski definition) is 5. The molecule has 0 atom stereocenters. The number of halogens is 5. The van der Waals surface area contributed by atoms with Crippen LogP contribution in [0.5, 0.6) is 17.2 Å². The zero-order valence-electron chi connectivity index (χ0n) is 16.7. The standard InChI is InChI=1S/C21H14ClF3N2O4S.ClH/c1-32(28,29)27-14-4-2-3-12(9-14)13-5-7-18-16(10-13)20(22)26-17-11-15(31-21(23,24)25)6-8-19(17)30-18;/h2-11,27H,1H3;1H. The van der Waals surface area contributed by atoms with Gasteiger partial charge in [-0.3, -0.25) is 4.72 Å². The van der Waals surface area contributed by atoms with Crippen LogP contribution in [0.1, 0.15) is 5.56 Å². The van der Waals surface area contributed by atoms with E-state index in [0.29, 0.717) is 28.1 Å². The van der Waals surface area contributed by atoms with E-state index in [9.17, 15) is 21.6 Å². The number of anilines is 1. The Kier molecular flexibility index (Phi) is 6.83. The minimum atomic E-state index is -4.84. The molecule has 0 spiro atoms. The first-order valence-electron chi connectivity index (χ1n) is 9.01. The highest BCUT2D eigenvalue weighted by Crippen LogP contribution is 2.42. The molecule has 3 aromatic rings. The number of benzene rings is 3. The lowest BCUT2D eigenvalue weighted by atomic mass is 10.0. The molecule has 0 saturated heterocycles. The van der Waals surface area contributed by atoms with Crippen molar-refractivity contribution in [3.63, 3.8) is 0 Å². The molecule has 0 fully saturated rings. The monoisotopic (exact) mass is 518 g/mol. The second kappa shape index (κ2) is 9.12. The van der Waals surface area contributed by atoms with Gasteiger partial charge in [-0.15, -0.1) is 25.6 Å². The number of fused-ring (bicyclic) bond motifs is 2. The van der Waals surface area contributed by atoms with Crippen molar-refractivity contribution in [2.45, 2.75) is 6.36 Å². The molecule has 6 nitrogen and oxygen atoms in total. The van der Waals surface area contributed by atoms with Gasteiger partial charge in [-0.05, 0) is 47.5 Å². The fraction of sp³-hybridized carbons (Fsp3) is 0.0952. The quantitative estimate of drug-likeness (QED) is 0.429. The fourth-order valence-corrected chi connectivity index (χ4v) is 3.88. The zero-order chi connectivity index (χ0) is 23.1. The van der Waals surface area contributed by atoms with Gasteiger partial charge in [0.1, 0.15) is 22.4 Å². The van der Waals surface area contributed by atoms with Crippen LogP contribution in [0, 0.1) is 0 Å². The Morgan fingerprint density at radius 2 is 1.70 bits per heavy atom. The molecular formula is C21H15Cl2F3N2O4S. The highest BCUT2D eigenvalue weighted by Gasteiger charge is 2.31. The smallest absolute Gasteiger partial charge is 0.454 e. The Bertz CT molecular complexity index is 1350. The first-order chi connectivity index (χ1) is 15.0. The normalized spacial score (nSPS) is 12.8. The van der Waals surface area contributed by atoms with Gasteiger partial charge in [-0.25, -0.2) is 13.4 Å². The lowest BCUT2D eigenvalue weighted by molar-refractivity contribution is -0.274. The van der Waals surface area contributed by atoms with Crippen molar-refractivity contribution in [3.8, 4) is 28.4 Å². The summed E-state index contributed by atoms with van der Waals surface area (Å²) < 4.78 is 72.7. The van der Waals surface area contributed by atoms with Crippen molar-refractivity contribution in [2.24, 2.45) is 4.99 Å². The summed E-state index contributed by atoms with van der Waals surface area (Å²) in [6, 6.07) is 15.3. The van der Waals surface area contributed by atoms with Gasteiger partial charge in [0.25, 0.3) is 0 Å². The molecule has 0 amide bonds. The molecule has 12 heteroatoms. The Morgan fingerprint density at radius 3 is 2.39 bits per heavy atom. The maximum absolute atomic E-state index is 12.5. The number of ether oxygens (including phenoxy) is 2. The Hall–Kier alpha value is -2.95. The number of nitrogens with one attached hydrogen (secondary N) is 1. The molecule has 0 bridgehead atoms. The Labute approximate surface area is 198 Å². The molecule has 1 heterocycles. The number of rotatable bonds is 4. The summed E-state index contributed by atoms with van der Waals surface area (Å²) >= 11 is 6.36. The topological polar surface area (TPSA) is 77.0 Å². The molecule has 174 valence electrons. The molecule has 1 aliphatic heterocycles. The van der Waals surface area contributed by atoms with Crippen LogP contribution < -0.4 is 14.2 Å². The molecule has 0 aliphatic carbocycles. The SMILES string of the molecule is CS(=O)(=O)Nc1cccc(-c2ccc3c(c2)C(Cl)=Nc2cc(OC(F)(F)F)ccc2O3)c1.Cl. The minimum Gasteiger partial charge on any atom is -0.454 e. The van der Waals surface area contributed by atoms with Gasteiger partial charge in [0, 0.05) is 11.8 Å². The van der Waals surface area contributed by atoms with Crippen LogP contribution in [0.4, 0.5) is 24.5 Å². The summed E-state index contributed by atoms with van der Waals surface area (Å²) in [6.07, 6.45) is -3.79.